The molecule has 0 aromatic rings. The van der Waals surface area contributed by atoms with Crippen LogP contribution in [0.2, 0.25) is 0 Å². The number of nitrogens with one attached hydrogen (secondary N) is 1. The van der Waals surface area contributed by atoms with Gasteiger partial charge in [0.25, 0.3) is 0 Å². The second-order valence-corrected chi connectivity index (χ2v) is 7.70. The molecule has 0 radical (unpaired) electrons. The molecule has 0 rings (SSSR count). The number of rotatable bonds is 7. The van der Waals surface area contributed by atoms with Gasteiger partial charge in [-0.25, -0.2) is 9.59 Å². The average molecular weight is 303 g/mol. The standard InChI is InChI=1S/C14H25NO4S/c1-7-8-9-20-14(5,6)10(11(16)17)15-12(18)19-13(2,3)4/h7,10H,1,8-9H2,2-6H3,(H,15,18)(H,16,17). The molecule has 116 valence electrons. The molecular formula is C14H25NO4S. The lowest BCUT2D eigenvalue weighted by Crippen LogP contribution is -2.53. The fourth-order valence-corrected chi connectivity index (χ4v) is 2.58. The Morgan fingerprint density at radius 1 is 1.35 bits per heavy atom. The number of amides is 1. The summed E-state index contributed by atoms with van der Waals surface area (Å²) >= 11 is 1.48. The molecule has 0 heterocycles. The summed E-state index contributed by atoms with van der Waals surface area (Å²) in [4.78, 5) is 23.1. The van der Waals surface area contributed by atoms with Gasteiger partial charge in [0.2, 0.25) is 0 Å². The van der Waals surface area contributed by atoms with E-state index in [0.717, 1.165) is 12.2 Å². The van der Waals surface area contributed by atoms with Crippen molar-refractivity contribution in [2.75, 3.05) is 5.75 Å². The second kappa shape index (κ2) is 7.57. The van der Waals surface area contributed by atoms with Crippen molar-refractivity contribution in [2.24, 2.45) is 0 Å². The maximum absolute atomic E-state index is 11.7. The van der Waals surface area contributed by atoms with Crippen LogP contribution in [0, 0.1) is 0 Å². The number of hydrogen-bond acceptors (Lipinski definition) is 4. The molecule has 0 saturated heterocycles. The molecule has 0 spiro atoms. The monoisotopic (exact) mass is 303 g/mol. The molecule has 6 heteroatoms. The lowest BCUT2D eigenvalue weighted by Gasteiger charge is -2.32. The highest BCUT2D eigenvalue weighted by Crippen LogP contribution is 2.29. The van der Waals surface area contributed by atoms with Crippen LogP contribution in [0.3, 0.4) is 0 Å². The highest BCUT2D eigenvalue weighted by atomic mass is 32.2. The zero-order chi connectivity index (χ0) is 16.0. The highest BCUT2D eigenvalue weighted by molar-refractivity contribution is 8.00. The lowest BCUT2D eigenvalue weighted by molar-refractivity contribution is -0.140. The Morgan fingerprint density at radius 2 is 1.90 bits per heavy atom. The first-order valence-electron chi connectivity index (χ1n) is 6.47. The van der Waals surface area contributed by atoms with Gasteiger partial charge < -0.3 is 15.2 Å². The van der Waals surface area contributed by atoms with E-state index < -0.39 is 28.5 Å². The summed E-state index contributed by atoms with van der Waals surface area (Å²) in [5, 5.41) is 11.7. The zero-order valence-electron chi connectivity index (χ0n) is 12.9. The predicted molar refractivity (Wildman–Crippen MR) is 82.1 cm³/mol. The normalized spacial score (nSPS) is 13.4. The van der Waals surface area contributed by atoms with Crippen LogP contribution in [-0.4, -0.2) is 39.3 Å². The van der Waals surface area contributed by atoms with Crippen molar-refractivity contribution < 1.29 is 19.4 Å². The van der Waals surface area contributed by atoms with E-state index in [-0.39, 0.29) is 0 Å². The van der Waals surface area contributed by atoms with Crippen molar-refractivity contribution >= 4 is 23.8 Å². The molecule has 0 bridgehead atoms. The smallest absolute Gasteiger partial charge is 0.408 e. The third-order valence-corrected chi connectivity index (χ3v) is 3.82. The molecule has 0 aliphatic carbocycles. The van der Waals surface area contributed by atoms with Gasteiger partial charge in [0.1, 0.15) is 11.6 Å². The van der Waals surface area contributed by atoms with E-state index >= 15 is 0 Å². The molecule has 1 amide bonds. The Morgan fingerprint density at radius 3 is 2.30 bits per heavy atom. The third kappa shape index (κ3) is 7.43. The van der Waals surface area contributed by atoms with Crippen molar-refractivity contribution in [3.05, 3.63) is 12.7 Å². The summed E-state index contributed by atoms with van der Waals surface area (Å²) in [5.41, 5.74) is -0.659. The fourth-order valence-electron chi connectivity index (χ4n) is 1.45. The Balaban J connectivity index is 4.75. The number of carbonyl (C=O) groups is 2. The van der Waals surface area contributed by atoms with Gasteiger partial charge in [0.15, 0.2) is 0 Å². The van der Waals surface area contributed by atoms with E-state index in [1.165, 1.54) is 11.8 Å². The van der Waals surface area contributed by atoms with Gasteiger partial charge >= 0.3 is 12.1 Å². The highest BCUT2D eigenvalue weighted by Gasteiger charge is 2.37. The van der Waals surface area contributed by atoms with E-state index in [1.54, 1.807) is 40.7 Å². The molecule has 0 saturated carbocycles. The number of carbonyl (C=O) groups excluding carboxylic acids is 1. The minimum absolute atomic E-state index is 0.647. The summed E-state index contributed by atoms with van der Waals surface area (Å²) in [6.07, 6.45) is 1.84. The summed E-state index contributed by atoms with van der Waals surface area (Å²) in [6, 6.07) is -1.02. The maximum Gasteiger partial charge on any atom is 0.408 e. The molecular weight excluding hydrogens is 278 g/mol. The van der Waals surface area contributed by atoms with Crippen molar-refractivity contribution in [1.29, 1.82) is 0 Å². The van der Waals surface area contributed by atoms with Crippen LogP contribution in [0.1, 0.15) is 41.0 Å². The van der Waals surface area contributed by atoms with E-state index in [0.29, 0.717) is 0 Å². The Bertz CT molecular complexity index is 361. The van der Waals surface area contributed by atoms with Crippen molar-refractivity contribution in [3.63, 3.8) is 0 Å². The van der Waals surface area contributed by atoms with Gasteiger partial charge in [-0.2, -0.15) is 11.8 Å². The number of ether oxygens (including phenoxy) is 1. The Hall–Kier alpha value is -1.17. The van der Waals surface area contributed by atoms with Crippen molar-refractivity contribution in [2.45, 2.75) is 57.4 Å². The molecule has 5 nitrogen and oxygen atoms in total. The molecule has 2 N–H and O–H groups in total. The average Bonchev–Trinajstić information content (AvgIpc) is 2.23. The van der Waals surface area contributed by atoms with Crippen LogP contribution in [0.15, 0.2) is 12.7 Å². The molecule has 20 heavy (non-hydrogen) atoms. The maximum atomic E-state index is 11.7. The second-order valence-electron chi connectivity index (χ2n) is 5.95. The van der Waals surface area contributed by atoms with Gasteiger partial charge in [-0.05, 0) is 46.8 Å². The molecule has 0 aliphatic rings. The summed E-state index contributed by atoms with van der Waals surface area (Å²) in [6.45, 7) is 12.4. The SMILES string of the molecule is C=CCCSC(C)(C)C(NC(=O)OC(C)(C)C)C(=O)O. The van der Waals surface area contributed by atoms with Crippen molar-refractivity contribution in [3.8, 4) is 0 Å². The number of hydrogen-bond donors (Lipinski definition) is 2. The lowest BCUT2D eigenvalue weighted by atomic mass is 10.0. The van der Waals surface area contributed by atoms with E-state index in [1.807, 2.05) is 0 Å². The Kier molecular flexibility index (Phi) is 7.13. The van der Waals surface area contributed by atoms with Crippen LogP contribution in [0.25, 0.3) is 0 Å². The van der Waals surface area contributed by atoms with Crippen LogP contribution >= 0.6 is 11.8 Å². The van der Waals surface area contributed by atoms with Crippen LogP contribution in [0.4, 0.5) is 4.79 Å². The van der Waals surface area contributed by atoms with Gasteiger partial charge in [-0.3, -0.25) is 0 Å². The van der Waals surface area contributed by atoms with Gasteiger partial charge in [-0.1, -0.05) is 6.08 Å². The number of carboxylic acids is 1. The molecule has 1 atom stereocenters. The van der Waals surface area contributed by atoms with E-state index in [2.05, 4.69) is 11.9 Å². The Labute approximate surface area is 125 Å². The summed E-state index contributed by atoms with van der Waals surface area (Å²) < 4.78 is 4.45. The van der Waals surface area contributed by atoms with Crippen molar-refractivity contribution in [1.82, 2.24) is 5.32 Å². The number of carboxylic acid groups (broad SMARTS) is 1. The summed E-state index contributed by atoms with van der Waals surface area (Å²) in [7, 11) is 0. The first-order valence-corrected chi connectivity index (χ1v) is 7.45. The van der Waals surface area contributed by atoms with Crippen LogP contribution in [-0.2, 0) is 9.53 Å². The number of allylic oxidation sites excluding steroid dienone is 1. The minimum atomic E-state index is -1.08. The first-order chi connectivity index (χ1) is 8.99. The largest absolute Gasteiger partial charge is 0.480 e. The van der Waals surface area contributed by atoms with Gasteiger partial charge in [-0.15, -0.1) is 6.58 Å². The van der Waals surface area contributed by atoms with Gasteiger partial charge in [0.05, 0.1) is 0 Å². The third-order valence-electron chi connectivity index (χ3n) is 2.40. The number of aliphatic carboxylic acids is 1. The molecule has 0 aromatic heterocycles. The number of alkyl carbamates (subject to hydrolysis) is 1. The molecule has 0 aliphatic heterocycles. The van der Waals surface area contributed by atoms with Gasteiger partial charge in [0, 0.05) is 4.75 Å². The van der Waals surface area contributed by atoms with Crippen LogP contribution in [0.5, 0.6) is 0 Å². The zero-order valence-corrected chi connectivity index (χ0v) is 13.7. The summed E-state index contributed by atoms with van der Waals surface area (Å²) in [5.74, 6) is -0.331. The number of thioether (sulfide) groups is 1. The molecule has 1 unspecified atom stereocenters. The first kappa shape index (κ1) is 18.8. The fraction of sp³-hybridized carbons (Fsp3) is 0.714. The molecule has 0 fully saturated rings. The van der Waals surface area contributed by atoms with E-state index in [4.69, 9.17) is 4.74 Å². The molecule has 0 aromatic carbocycles. The minimum Gasteiger partial charge on any atom is -0.480 e. The van der Waals surface area contributed by atoms with Crippen LogP contribution < -0.4 is 5.32 Å². The topological polar surface area (TPSA) is 75.6 Å². The van der Waals surface area contributed by atoms with E-state index in [9.17, 15) is 14.7 Å². The predicted octanol–water partition coefficient (Wildman–Crippen LogP) is 3.05. The quantitative estimate of drug-likeness (QED) is 0.558.